The number of hydrogen-bond donors (Lipinski definition) is 1. The lowest BCUT2D eigenvalue weighted by molar-refractivity contribution is -0.138. The lowest BCUT2D eigenvalue weighted by Crippen LogP contribution is -2.42. The van der Waals surface area contributed by atoms with Crippen LogP contribution in [0.4, 0.5) is 8.78 Å². The zero-order valence-electron chi connectivity index (χ0n) is 11.2. The van der Waals surface area contributed by atoms with Crippen LogP contribution in [0.15, 0.2) is 0 Å². The van der Waals surface area contributed by atoms with E-state index in [9.17, 15) is 18.4 Å². The molecule has 1 atom stereocenters. The van der Waals surface area contributed by atoms with Gasteiger partial charge in [-0.2, -0.15) is 0 Å². The number of carbonyl (C=O) groups is 2. The molecule has 1 rings (SSSR count). The Balaban J connectivity index is 2.68. The third-order valence-corrected chi connectivity index (χ3v) is 3.17. The van der Waals surface area contributed by atoms with Gasteiger partial charge in [0.2, 0.25) is 11.8 Å². The van der Waals surface area contributed by atoms with Crippen molar-refractivity contribution in [2.45, 2.75) is 32.7 Å². The van der Waals surface area contributed by atoms with Gasteiger partial charge in [0.15, 0.2) is 0 Å². The molecule has 7 heteroatoms. The molecule has 5 nitrogen and oxygen atoms in total. The second-order valence-corrected chi connectivity index (χ2v) is 4.94. The second kappa shape index (κ2) is 6.79. The zero-order chi connectivity index (χ0) is 14.6. The quantitative estimate of drug-likeness (QED) is 0.761. The Morgan fingerprint density at radius 1 is 1.53 bits per heavy atom. The Morgan fingerprint density at radius 2 is 2.16 bits per heavy atom. The predicted molar refractivity (Wildman–Crippen MR) is 64.6 cm³/mol. The van der Waals surface area contributed by atoms with Crippen LogP contribution >= 0.6 is 0 Å². The van der Waals surface area contributed by atoms with E-state index < -0.39 is 24.8 Å². The molecule has 1 heterocycles. The maximum Gasteiger partial charge on any atom is 0.255 e. The van der Waals surface area contributed by atoms with Crippen LogP contribution in [0.2, 0.25) is 0 Å². The Kier molecular flexibility index (Phi) is 5.65. The summed E-state index contributed by atoms with van der Waals surface area (Å²) < 4.78 is 24.8. The summed E-state index contributed by atoms with van der Waals surface area (Å²) in [5, 5.41) is 8.82. The molecule has 1 unspecified atom stereocenters. The number of amides is 2. The Labute approximate surface area is 111 Å². The van der Waals surface area contributed by atoms with E-state index in [1.165, 1.54) is 0 Å². The molecule has 0 aliphatic carbocycles. The number of hydrogen-bond acceptors (Lipinski definition) is 3. The number of aliphatic hydroxyl groups excluding tert-OH is 1. The van der Waals surface area contributed by atoms with Crippen molar-refractivity contribution < 1.29 is 23.5 Å². The van der Waals surface area contributed by atoms with E-state index in [0.29, 0.717) is 0 Å². The van der Waals surface area contributed by atoms with Gasteiger partial charge in [-0.25, -0.2) is 8.78 Å². The van der Waals surface area contributed by atoms with Crippen LogP contribution in [0.3, 0.4) is 0 Å². The predicted octanol–water partition coefficient (Wildman–Crippen LogP) is 0.329. The molecule has 1 aliphatic rings. The molecular weight excluding hydrogens is 258 g/mol. The monoisotopic (exact) mass is 278 g/mol. The zero-order valence-corrected chi connectivity index (χ0v) is 11.2. The first-order valence-corrected chi connectivity index (χ1v) is 6.34. The summed E-state index contributed by atoms with van der Waals surface area (Å²) in [6, 6.07) is -0.00769. The standard InChI is InChI=1S/C12H20F2N2O3/c1-8(2)16-6-9(5-11(16)18)12(19)15(3-4-17)7-10(13)14/h8-10,17H,3-7H2,1-2H3. The van der Waals surface area contributed by atoms with Crippen LogP contribution in [0.1, 0.15) is 20.3 Å². The fraction of sp³-hybridized carbons (Fsp3) is 0.833. The van der Waals surface area contributed by atoms with E-state index >= 15 is 0 Å². The fourth-order valence-electron chi connectivity index (χ4n) is 2.23. The van der Waals surface area contributed by atoms with Crippen LogP contribution < -0.4 is 0 Å². The number of nitrogens with zero attached hydrogens (tertiary/aromatic N) is 2. The van der Waals surface area contributed by atoms with Crippen molar-refractivity contribution in [3.8, 4) is 0 Å². The molecule has 2 amide bonds. The summed E-state index contributed by atoms with van der Waals surface area (Å²) >= 11 is 0. The highest BCUT2D eigenvalue weighted by Gasteiger charge is 2.37. The molecule has 110 valence electrons. The number of halogens is 2. The van der Waals surface area contributed by atoms with Crippen LogP contribution in [-0.4, -0.2) is 65.4 Å². The van der Waals surface area contributed by atoms with Crippen LogP contribution in [0.25, 0.3) is 0 Å². The lowest BCUT2D eigenvalue weighted by atomic mass is 10.1. The molecule has 0 radical (unpaired) electrons. The molecule has 0 saturated carbocycles. The molecule has 1 N–H and O–H groups in total. The van der Waals surface area contributed by atoms with Gasteiger partial charge in [0.25, 0.3) is 6.43 Å². The summed E-state index contributed by atoms with van der Waals surface area (Å²) in [4.78, 5) is 26.3. The molecular formula is C12H20F2N2O3. The van der Waals surface area contributed by atoms with Crippen molar-refractivity contribution in [3.05, 3.63) is 0 Å². The molecule has 0 bridgehead atoms. The van der Waals surface area contributed by atoms with Gasteiger partial charge in [-0.3, -0.25) is 9.59 Å². The Bertz CT molecular complexity index is 337. The van der Waals surface area contributed by atoms with Gasteiger partial charge in [0.05, 0.1) is 19.1 Å². The Morgan fingerprint density at radius 3 is 2.58 bits per heavy atom. The van der Waals surface area contributed by atoms with Crippen molar-refractivity contribution in [2.75, 3.05) is 26.2 Å². The van der Waals surface area contributed by atoms with Crippen molar-refractivity contribution in [2.24, 2.45) is 5.92 Å². The van der Waals surface area contributed by atoms with Crippen LogP contribution in [-0.2, 0) is 9.59 Å². The second-order valence-electron chi connectivity index (χ2n) is 4.94. The highest BCUT2D eigenvalue weighted by atomic mass is 19.3. The van der Waals surface area contributed by atoms with Crippen molar-refractivity contribution in [3.63, 3.8) is 0 Å². The molecule has 0 spiro atoms. The molecule has 19 heavy (non-hydrogen) atoms. The average molecular weight is 278 g/mol. The fourth-order valence-corrected chi connectivity index (χ4v) is 2.23. The topological polar surface area (TPSA) is 60.9 Å². The highest BCUT2D eigenvalue weighted by molar-refractivity contribution is 5.89. The van der Waals surface area contributed by atoms with Gasteiger partial charge in [-0.05, 0) is 13.8 Å². The Hall–Kier alpha value is -1.24. The van der Waals surface area contributed by atoms with Gasteiger partial charge in [-0.1, -0.05) is 0 Å². The first kappa shape index (κ1) is 15.8. The van der Waals surface area contributed by atoms with Crippen molar-refractivity contribution >= 4 is 11.8 Å². The first-order valence-electron chi connectivity index (χ1n) is 6.34. The summed E-state index contributed by atoms with van der Waals surface area (Å²) in [5.74, 6) is -1.19. The van der Waals surface area contributed by atoms with Crippen LogP contribution in [0, 0.1) is 5.92 Å². The summed E-state index contributed by atoms with van der Waals surface area (Å²) in [6.45, 7) is 2.75. The third-order valence-electron chi connectivity index (χ3n) is 3.17. The number of likely N-dealkylation sites (tertiary alicyclic amines) is 1. The van der Waals surface area contributed by atoms with E-state index in [2.05, 4.69) is 0 Å². The van der Waals surface area contributed by atoms with Crippen LogP contribution in [0.5, 0.6) is 0 Å². The number of alkyl halides is 2. The van der Waals surface area contributed by atoms with Crippen molar-refractivity contribution in [1.82, 2.24) is 9.80 Å². The normalized spacial score (nSPS) is 19.6. The number of carbonyl (C=O) groups excluding carboxylic acids is 2. The molecule has 1 aliphatic heterocycles. The van der Waals surface area contributed by atoms with E-state index in [-0.39, 0.29) is 38.1 Å². The summed E-state index contributed by atoms with van der Waals surface area (Å²) in [7, 11) is 0. The van der Waals surface area contributed by atoms with E-state index in [1.807, 2.05) is 13.8 Å². The van der Waals surface area contributed by atoms with Gasteiger partial charge in [0.1, 0.15) is 0 Å². The molecule has 1 fully saturated rings. The smallest absolute Gasteiger partial charge is 0.255 e. The largest absolute Gasteiger partial charge is 0.395 e. The van der Waals surface area contributed by atoms with Gasteiger partial charge in [-0.15, -0.1) is 0 Å². The SMILES string of the molecule is CC(C)N1CC(C(=O)N(CCO)CC(F)F)CC1=O. The molecule has 1 saturated heterocycles. The van der Waals surface area contributed by atoms with Gasteiger partial charge >= 0.3 is 0 Å². The molecule has 0 aromatic rings. The van der Waals surface area contributed by atoms with Gasteiger partial charge < -0.3 is 14.9 Å². The van der Waals surface area contributed by atoms with E-state index in [1.54, 1.807) is 4.90 Å². The average Bonchev–Trinajstić information content (AvgIpc) is 2.69. The minimum Gasteiger partial charge on any atom is -0.395 e. The summed E-state index contributed by atoms with van der Waals surface area (Å²) in [6.07, 6.45) is -2.59. The minimum atomic E-state index is -2.64. The first-order chi connectivity index (χ1) is 8.86. The highest BCUT2D eigenvalue weighted by Crippen LogP contribution is 2.22. The van der Waals surface area contributed by atoms with E-state index in [4.69, 9.17) is 5.11 Å². The lowest BCUT2D eigenvalue weighted by Gasteiger charge is -2.25. The number of rotatable bonds is 6. The number of aliphatic hydroxyl groups is 1. The van der Waals surface area contributed by atoms with E-state index in [0.717, 1.165) is 4.90 Å². The third kappa shape index (κ3) is 4.12. The summed E-state index contributed by atoms with van der Waals surface area (Å²) in [5.41, 5.74) is 0. The molecule has 0 aromatic heterocycles. The minimum absolute atomic E-state index is 0.00769. The maximum atomic E-state index is 12.4. The van der Waals surface area contributed by atoms with Crippen molar-refractivity contribution in [1.29, 1.82) is 0 Å². The maximum absolute atomic E-state index is 12.4. The van der Waals surface area contributed by atoms with Gasteiger partial charge in [0, 0.05) is 25.6 Å². The molecule has 0 aromatic carbocycles.